The molecule has 7 rings (SSSR count). The lowest BCUT2D eigenvalue weighted by molar-refractivity contribution is -0.137. The molecule has 420 valence electrons. The minimum Gasteiger partial charge on any atom is -0.392 e. The number of carbonyl (C=O) groups excluding carboxylic acids is 4. The van der Waals surface area contributed by atoms with Crippen molar-refractivity contribution in [2.24, 2.45) is 45.8 Å². The fourth-order valence-corrected chi connectivity index (χ4v) is 16.0. The first kappa shape index (κ1) is 59.6. The van der Waals surface area contributed by atoms with Gasteiger partial charge in [0.05, 0.1) is 25.6 Å². The van der Waals surface area contributed by atoms with Crippen molar-refractivity contribution in [3.63, 3.8) is 0 Å². The maximum Gasteiger partial charge on any atom is 0.481 e. The van der Waals surface area contributed by atoms with Gasteiger partial charge >= 0.3 is 23.5 Å². The maximum absolute atomic E-state index is 13.0. The number of imidazole rings is 1. The summed E-state index contributed by atoms with van der Waals surface area (Å²) in [6.45, 7) is 7.18. The molecule has 4 aliphatic carbocycles. The number of thioether (sulfide) groups is 1. The Morgan fingerprint density at radius 2 is 1.69 bits per heavy atom. The van der Waals surface area contributed by atoms with Gasteiger partial charge in [-0.2, -0.15) is 4.31 Å². The Kier molecular flexibility index (Phi) is 18.5. The van der Waals surface area contributed by atoms with Crippen LogP contribution in [0, 0.1) is 45.8 Å². The molecule has 26 nitrogen and oxygen atoms in total. The Bertz CT molecular complexity index is 2640. The van der Waals surface area contributed by atoms with Gasteiger partial charge in [-0.25, -0.2) is 28.6 Å². The van der Waals surface area contributed by atoms with Crippen LogP contribution in [-0.2, 0) is 55.5 Å². The van der Waals surface area contributed by atoms with Crippen LogP contribution in [0.25, 0.3) is 11.2 Å². The zero-order chi connectivity index (χ0) is 55.1. The van der Waals surface area contributed by atoms with Gasteiger partial charge in [-0.1, -0.05) is 52.0 Å². The van der Waals surface area contributed by atoms with Gasteiger partial charge in [0, 0.05) is 43.5 Å². The first-order chi connectivity index (χ1) is 34.9. The van der Waals surface area contributed by atoms with Gasteiger partial charge < -0.3 is 56.0 Å². The van der Waals surface area contributed by atoms with E-state index < -0.39 is 90.7 Å². The van der Waals surface area contributed by atoms with Gasteiger partial charge in [0.2, 0.25) is 11.8 Å². The molecule has 1 aliphatic heterocycles. The molecule has 30 heteroatoms. The zero-order valence-electron chi connectivity index (χ0n) is 42.3. The first-order valence-electron chi connectivity index (χ1n) is 24.9. The van der Waals surface area contributed by atoms with Crippen LogP contribution in [0.1, 0.15) is 105 Å². The average molecular weight is 1140 g/mol. The number of aromatic nitrogens is 4. The fourth-order valence-electron chi connectivity index (χ4n) is 12.4. The largest absolute Gasteiger partial charge is 0.481 e. The van der Waals surface area contributed by atoms with E-state index in [2.05, 4.69) is 55.2 Å². The molecule has 2 aromatic rings. The molecule has 2 amide bonds. The van der Waals surface area contributed by atoms with E-state index in [0.29, 0.717) is 24.2 Å². The summed E-state index contributed by atoms with van der Waals surface area (Å²) in [5.41, 5.74) is 5.76. The number of ketones is 1. The van der Waals surface area contributed by atoms with Crippen molar-refractivity contribution < 1.29 is 90.4 Å². The first-order valence-corrected chi connectivity index (χ1v) is 30.4. The van der Waals surface area contributed by atoms with Gasteiger partial charge in [-0.05, 0) is 91.4 Å². The van der Waals surface area contributed by atoms with E-state index in [-0.39, 0.29) is 82.2 Å². The van der Waals surface area contributed by atoms with Crippen molar-refractivity contribution in [3.8, 4) is 0 Å². The van der Waals surface area contributed by atoms with Gasteiger partial charge in [-0.15, -0.1) is 0 Å². The second-order valence-electron chi connectivity index (χ2n) is 21.6. The highest BCUT2D eigenvalue weighted by Crippen LogP contribution is 2.68. The normalized spacial score (nSPS) is 31.7. The van der Waals surface area contributed by atoms with Gasteiger partial charge in [0.15, 0.2) is 28.6 Å². The number of carbonyl (C=O) groups is 4. The number of hydrogen-bond acceptors (Lipinski definition) is 20. The summed E-state index contributed by atoms with van der Waals surface area (Å²) in [6.07, 6.45) is 2.02. The lowest BCUT2D eigenvalue weighted by Crippen LogP contribution is -2.51. The summed E-state index contributed by atoms with van der Waals surface area (Å²) in [5, 5.41) is 37.9. The third-order valence-corrected chi connectivity index (χ3v) is 20.4. The van der Waals surface area contributed by atoms with E-state index in [9.17, 15) is 67.8 Å². The molecule has 0 bridgehead atoms. The summed E-state index contributed by atoms with van der Waals surface area (Å²) in [6, 6.07) is 0. The second kappa shape index (κ2) is 23.3. The molecule has 3 saturated carbocycles. The van der Waals surface area contributed by atoms with E-state index in [0.717, 1.165) is 73.9 Å². The number of ether oxygens (including phenoxy) is 1. The van der Waals surface area contributed by atoms with E-state index in [1.807, 2.05) is 6.08 Å². The molecular formula is C45H70N7O19P3S. The summed E-state index contributed by atoms with van der Waals surface area (Å²) < 4.78 is 62.7. The van der Waals surface area contributed by atoms with Crippen LogP contribution in [0.15, 0.2) is 24.3 Å². The van der Waals surface area contributed by atoms with Crippen LogP contribution >= 0.6 is 35.2 Å². The van der Waals surface area contributed by atoms with Gasteiger partial charge in [-0.3, -0.25) is 37.3 Å². The second-order valence-corrected chi connectivity index (χ2v) is 27.0. The lowest BCUT2D eigenvalue weighted by atomic mass is 9.46. The Morgan fingerprint density at radius 3 is 2.41 bits per heavy atom. The van der Waals surface area contributed by atoms with Crippen molar-refractivity contribution in [2.75, 3.05) is 37.8 Å². The molecule has 0 aromatic carbocycles. The lowest BCUT2D eigenvalue weighted by Gasteiger charge is -2.58. The number of fused-ring (bicyclic) bond motifs is 6. The standard InChI is InChI=1S/C45H70N7O19P3S/c1-24(28-8-9-29-27-7-6-25-18-26(53)10-13-44(25,4)30(27)11-14-45(28,29)5)31(54)19-34(56)75-17-16-47-33(55)12-15-48-41(59)38(58)43(2,3)21-68-74(65,66)71-73(63,64)67-20-32-37(70-72(60,61)62)36(57)42(69-32)52-23-51-35-39(46)49-22-50-40(35)52/h18,22-24,27-32,36-38,42,54,57-58H,6-17,19-21H2,1-5H3,(H,47,55)(H,48,59)(H,63,64)(H,65,66)(H2,46,49,50)(H2,60,61,62)/t24-,27-,28+,29-,30-,31+,32+,36+,37+,38-,42+,44-,45+/m0/s1. The van der Waals surface area contributed by atoms with Crippen LogP contribution in [0.2, 0.25) is 0 Å². The van der Waals surface area contributed by atoms with Crippen molar-refractivity contribution in [1.29, 1.82) is 0 Å². The molecule has 5 aliphatic rings. The number of nitrogens with zero attached hydrogens (tertiary/aromatic N) is 4. The molecule has 2 aromatic heterocycles. The van der Waals surface area contributed by atoms with Crippen LogP contribution in [0.5, 0.6) is 0 Å². The quantitative estimate of drug-likeness (QED) is 0.0564. The third kappa shape index (κ3) is 13.7. The van der Waals surface area contributed by atoms with Crippen molar-refractivity contribution in [2.45, 2.75) is 136 Å². The number of nitrogens with two attached hydrogens (primary N) is 1. The molecule has 75 heavy (non-hydrogen) atoms. The topological polar surface area (TPSA) is 401 Å². The fraction of sp³-hybridized carbons (Fsp3) is 0.756. The molecule has 0 radical (unpaired) electrons. The number of amides is 2. The Balaban J connectivity index is 0.785. The molecular weight excluding hydrogens is 1070 g/mol. The van der Waals surface area contributed by atoms with E-state index in [1.165, 1.54) is 19.4 Å². The summed E-state index contributed by atoms with van der Waals surface area (Å²) in [7, 11) is -16.5. The monoisotopic (exact) mass is 1140 g/mol. The van der Waals surface area contributed by atoms with Crippen LogP contribution in [0.4, 0.5) is 5.82 Å². The molecule has 2 unspecified atom stereocenters. The number of nitrogens with one attached hydrogen (secondary N) is 2. The van der Waals surface area contributed by atoms with Crippen LogP contribution in [-0.4, -0.2) is 140 Å². The van der Waals surface area contributed by atoms with E-state index >= 15 is 0 Å². The maximum atomic E-state index is 13.0. The Labute approximate surface area is 437 Å². The van der Waals surface area contributed by atoms with Gasteiger partial charge in [0.25, 0.3) is 0 Å². The summed E-state index contributed by atoms with van der Waals surface area (Å²) in [4.78, 5) is 102. The molecule has 15 atom stereocenters. The third-order valence-electron chi connectivity index (χ3n) is 16.4. The number of allylic oxidation sites excluding steroid dienone is 1. The number of phosphoric ester groups is 3. The number of aliphatic hydroxyl groups is 3. The predicted molar refractivity (Wildman–Crippen MR) is 267 cm³/mol. The minimum atomic E-state index is -5.60. The van der Waals surface area contributed by atoms with E-state index in [1.54, 1.807) is 0 Å². The number of phosphoric acid groups is 3. The summed E-state index contributed by atoms with van der Waals surface area (Å²) in [5.74, 6) is 0.931. The van der Waals surface area contributed by atoms with Crippen molar-refractivity contribution >= 4 is 74.9 Å². The van der Waals surface area contributed by atoms with Gasteiger partial charge in [0.1, 0.15) is 36.3 Å². The zero-order valence-corrected chi connectivity index (χ0v) is 45.8. The van der Waals surface area contributed by atoms with Crippen LogP contribution in [0.3, 0.4) is 0 Å². The predicted octanol–water partition coefficient (Wildman–Crippen LogP) is 3.20. The highest BCUT2D eigenvalue weighted by molar-refractivity contribution is 8.13. The SMILES string of the molecule is C[C@H]([C@H](O)CC(=O)SCCNC(=O)CCNC(=O)[C@H](O)C(C)(C)COP(=O)(O)OP(=O)(O)OC[C@H]1O[C@@H](n2cnc3c(N)ncnc32)[C@H](O)[C@@H]1OP(=O)(O)O)[C@H]1CC[C@H]2[C@@H]3CCC4=CC(=O)CC[C@]4(C)[C@H]3CC[C@]12C. The number of hydrogen-bond donors (Lipinski definition) is 10. The van der Waals surface area contributed by atoms with Crippen molar-refractivity contribution in [1.82, 2.24) is 30.2 Å². The Hall–Kier alpha value is -3.07. The van der Waals surface area contributed by atoms with E-state index in [4.69, 9.17) is 19.5 Å². The number of nitrogen functional groups attached to an aromatic ring is 1. The Morgan fingerprint density at radius 1 is 0.973 bits per heavy atom. The summed E-state index contributed by atoms with van der Waals surface area (Å²) >= 11 is 1.02. The van der Waals surface area contributed by atoms with Crippen molar-refractivity contribution in [3.05, 3.63) is 24.3 Å². The molecule has 11 N–H and O–H groups in total. The number of rotatable bonds is 23. The molecule has 3 heterocycles. The number of anilines is 1. The smallest absolute Gasteiger partial charge is 0.392 e. The van der Waals surface area contributed by atoms with Crippen LogP contribution < -0.4 is 16.4 Å². The highest BCUT2D eigenvalue weighted by atomic mass is 32.2. The average Bonchev–Trinajstić information content (AvgIpc) is 4.01. The molecule has 1 saturated heterocycles. The number of aliphatic hydroxyl groups excluding tert-OH is 3. The molecule has 4 fully saturated rings. The minimum absolute atomic E-state index is 0.00871. The highest BCUT2D eigenvalue weighted by Gasteiger charge is 2.60. The molecule has 0 spiro atoms.